The van der Waals surface area contributed by atoms with Crippen molar-refractivity contribution < 1.29 is 24.4 Å². The zero-order valence-corrected chi connectivity index (χ0v) is 19.9. The van der Waals surface area contributed by atoms with E-state index >= 15 is 0 Å². The summed E-state index contributed by atoms with van der Waals surface area (Å²) in [6.07, 6.45) is 5.56. The molecule has 1 aromatic heterocycles. The molecule has 1 atom stereocenters. The number of imidazole rings is 1. The monoisotopic (exact) mass is 490 g/mol. The highest BCUT2D eigenvalue weighted by atomic mass is 16.6. The number of non-ortho nitro benzene ring substituents is 1. The first kappa shape index (κ1) is 24.6. The van der Waals surface area contributed by atoms with Gasteiger partial charge < -0.3 is 19.3 Å². The fraction of sp³-hybridized carbons (Fsp3) is 0.269. The zero-order valence-electron chi connectivity index (χ0n) is 19.9. The first-order valence-corrected chi connectivity index (χ1v) is 11.5. The Kier molecular flexibility index (Phi) is 7.14. The van der Waals surface area contributed by atoms with E-state index in [2.05, 4.69) is 4.98 Å². The Balaban J connectivity index is 1.73. The molecule has 1 saturated heterocycles. The van der Waals surface area contributed by atoms with E-state index in [0.717, 1.165) is 0 Å². The minimum absolute atomic E-state index is 0.0361. The van der Waals surface area contributed by atoms with Crippen LogP contribution in [0.3, 0.4) is 0 Å². The molecule has 1 N–H and O–H groups in total. The third-order valence-corrected chi connectivity index (χ3v) is 5.81. The molecule has 2 heterocycles. The lowest BCUT2D eigenvalue weighted by Crippen LogP contribution is -2.31. The molecule has 0 bridgehead atoms. The van der Waals surface area contributed by atoms with Gasteiger partial charge in [-0.1, -0.05) is 12.1 Å². The number of Topliss-reactive ketones (excluding diaryl/α,β-unsaturated/α-hetero) is 1. The number of nitro groups is 1. The third-order valence-electron chi connectivity index (χ3n) is 5.81. The Labute approximate surface area is 207 Å². The number of likely N-dealkylation sites (tertiary alicyclic amines) is 1. The van der Waals surface area contributed by atoms with Gasteiger partial charge in [0.05, 0.1) is 29.0 Å². The van der Waals surface area contributed by atoms with Crippen LogP contribution >= 0.6 is 0 Å². The molecule has 10 heteroatoms. The van der Waals surface area contributed by atoms with Gasteiger partial charge in [0.25, 0.3) is 17.4 Å². The number of benzene rings is 2. The van der Waals surface area contributed by atoms with Crippen LogP contribution in [0.2, 0.25) is 0 Å². The summed E-state index contributed by atoms with van der Waals surface area (Å²) < 4.78 is 7.48. The van der Waals surface area contributed by atoms with Gasteiger partial charge in [-0.25, -0.2) is 4.98 Å². The number of carbonyl (C=O) groups is 2. The molecular weight excluding hydrogens is 464 g/mol. The number of carbonyl (C=O) groups excluding carboxylic acids is 2. The fourth-order valence-electron chi connectivity index (χ4n) is 4.23. The second kappa shape index (κ2) is 10.4. The maximum atomic E-state index is 13.2. The Morgan fingerprint density at radius 1 is 1.17 bits per heavy atom. The van der Waals surface area contributed by atoms with E-state index in [0.29, 0.717) is 29.8 Å². The quantitative estimate of drug-likeness (QED) is 0.157. The summed E-state index contributed by atoms with van der Waals surface area (Å²) in [4.78, 5) is 42.5. The standard InChI is InChI=1S/C26H26N4O6/c1-17(2)36-21-9-7-18(8-10-21)24(31)22-23(19-5-3-6-20(15-19)30(34)35)29(26(33)25(22)32)13-4-12-28-14-11-27-16-28/h3,5-11,14-17,23,31H,4,12-13H2,1-2H3/b24-22+. The van der Waals surface area contributed by atoms with Crippen molar-refractivity contribution in [3.8, 4) is 5.75 Å². The van der Waals surface area contributed by atoms with Crippen LogP contribution in [-0.4, -0.2) is 48.8 Å². The molecule has 0 saturated carbocycles. The molecule has 10 nitrogen and oxygen atoms in total. The number of ether oxygens (including phenoxy) is 1. The lowest BCUT2D eigenvalue weighted by Gasteiger charge is -2.25. The van der Waals surface area contributed by atoms with Gasteiger partial charge in [0.1, 0.15) is 11.5 Å². The molecule has 1 aliphatic rings. The summed E-state index contributed by atoms with van der Waals surface area (Å²) in [5.74, 6) is -1.36. The topological polar surface area (TPSA) is 128 Å². The molecule has 2 aromatic carbocycles. The lowest BCUT2D eigenvalue weighted by atomic mass is 9.95. The maximum absolute atomic E-state index is 13.2. The molecule has 0 aliphatic carbocycles. The molecule has 186 valence electrons. The molecule has 36 heavy (non-hydrogen) atoms. The smallest absolute Gasteiger partial charge is 0.295 e. The SMILES string of the molecule is CC(C)Oc1ccc(/C(O)=C2\C(=O)C(=O)N(CCCn3ccnc3)C2c2cccc([N+](=O)[O-])c2)cc1. The highest BCUT2D eigenvalue weighted by Crippen LogP contribution is 2.40. The van der Waals surface area contributed by atoms with E-state index in [-0.39, 0.29) is 29.7 Å². The minimum Gasteiger partial charge on any atom is -0.507 e. The van der Waals surface area contributed by atoms with Crippen LogP contribution in [0.4, 0.5) is 5.69 Å². The van der Waals surface area contributed by atoms with Crippen LogP contribution in [0.5, 0.6) is 5.75 Å². The Morgan fingerprint density at radius 3 is 2.56 bits per heavy atom. The van der Waals surface area contributed by atoms with Gasteiger partial charge in [-0.15, -0.1) is 0 Å². The number of ketones is 1. The highest BCUT2D eigenvalue weighted by molar-refractivity contribution is 6.46. The van der Waals surface area contributed by atoms with E-state index in [1.807, 2.05) is 18.4 Å². The molecule has 0 radical (unpaired) electrons. The van der Waals surface area contributed by atoms with Crippen LogP contribution in [0.1, 0.15) is 37.4 Å². The van der Waals surface area contributed by atoms with Crippen molar-refractivity contribution in [2.45, 2.75) is 39.0 Å². The maximum Gasteiger partial charge on any atom is 0.295 e. The molecule has 1 aliphatic heterocycles. The van der Waals surface area contributed by atoms with Gasteiger partial charge in [0, 0.05) is 43.2 Å². The summed E-state index contributed by atoms with van der Waals surface area (Å²) in [5.41, 5.74) is 0.414. The number of aromatic nitrogens is 2. The predicted octanol–water partition coefficient (Wildman–Crippen LogP) is 4.09. The highest BCUT2D eigenvalue weighted by Gasteiger charge is 2.46. The Bertz CT molecular complexity index is 1300. The van der Waals surface area contributed by atoms with Crippen molar-refractivity contribution in [3.05, 3.63) is 94.1 Å². The molecule has 4 rings (SSSR count). The third kappa shape index (κ3) is 5.12. The van der Waals surface area contributed by atoms with Gasteiger partial charge in [-0.05, 0) is 50.1 Å². The second-order valence-electron chi connectivity index (χ2n) is 8.69. The number of aryl methyl sites for hydroxylation is 1. The Hall–Kier alpha value is -4.47. The second-order valence-corrected chi connectivity index (χ2v) is 8.69. The van der Waals surface area contributed by atoms with E-state index in [1.165, 1.54) is 23.1 Å². The summed E-state index contributed by atoms with van der Waals surface area (Å²) in [6, 6.07) is 11.3. The van der Waals surface area contributed by atoms with Crippen molar-refractivity contribution in [3.63, 3.8) is 0 Å². The Morgan fingerprint density at radius 2 is 1.92 bits per heavy atom. The summed E-state index contributed by atoms with van der Waals surface area (Å²) in [5, 5.41) is 22.6. The van der Waals surface area contributed by atoms with E-state index in [1.54, 1.807) is 49.1 Å². The van der Waals surface area contributed by atoms with E-state index in [4.69, 9.17) is 4.74 Å². The fourth-order valence-corrected chi connectivity index (χ4v) is 4.23. The first-order valence-electron chi connectivity index (χ1n) is 11.5. The number of amides is 1. The number of aliphatic hydroxyl groups is 1. The van der Waals surface area contributed by atoms with Crippen molar-refractivity contribution in [1.82, 2.24) is 14.5 Å². The largest absolute Gasteiger partial charge is 0.507 e. The average Bonchev–Trinajstić information content (AvgIpc) is 3.46. The summed E-state index contributed by atoms with van der Waals surface area (Å²) in [7, 11) is 0. The van der Waals surface area contributed by atoms with E-state index < -0.39 is 22.7 Å². The van der Waals surface area contributed by atoms with E-state index in [9.17, 15) is 24.8 Å². The van der Waals surface area contributed by atoms with Crippen molar-refractivity contribution in [1.29, 1.82) is 0 Å². The van der Waals surface area contributed by atoms with Crippen molar-refractivity contribution in [2.24, 2.45) is 0 Å². The number of aliphatic hydroxyl groups excluding tert-OH is 1. The normalized spacial score (nSPS) is 17.1. The van der Waals surface area contributed by atoms with Gasteiger partial charge in [-0.2, -0.15) is 0 Å². The predicted molar refractivity (Wildman–Crippen MR) is 131 cm³/mol. The van der Waals surface area contributed by atoms with Crippen molar-refractivity contribution >= 4 is 23.1 Å². The number of nitro benzene ring substituents is 1. The van der Waals surface area contributed by atoms with Crippen LogP contribution in [0.25, 0.3) is 5.76 Å². The zero-order chi connectivity index (χ0) is 25.8. The average molecular weight is 491 g/mol. The first-order chi connectivity index (χ1) is 17.3. The molecular formula is C26H26N4O6. The van der Waals surface area contributed by atoms with Gasteiger partial charge in [-0.3, -0.25) is 19.7 Å². The summed E-state index contributed by atoms with van der Waals surface area (Å²) in [6.45, 7) is 4.54. The lowest BCUT2D eigenvalue weighted by molar-refractivity contribution is -0.384. The van der Waals surface area contributed by atoms with Crippen LogP contribution in [0.15, 0.2) is 72.8 Å². The van der Waals surface area contributed by atoms with Crippen LogP contribution < -0.4 is 4.74 Å². The number of hydrogen-bond acceptors (Lipinski definition) is 7. The van der Waals surface area contributed by atoms with Gasteiger partial charge >= 0.3 is 0 Å². The van der Waals surface area contributed by atoms with Crippen LogP contribution in [-0.2, 0) is 16.1 Å². The minimum atomic E-state index is -0.973. The molecule has 1 unspecified atom stereocenters. The van der Waals surface area contributed by atoms with Gasteiger partial charge in [0.2, 0.25) is 0 Å². The number of nitrogens with zero attached hydrogens (tertiary/aromatic N) is 4. The van der Waals surface area contributed by atoms with Gasteiger partial charge in [0.15, 0.2) is 0 Å². The summed E-state index contributed by atoms with van der Waals surface area (Å²) >= 11 is 0. The molecule has 1 amide bonds. The molecule has 3 aromatic rings. The van der Waals surface area contributed by atoms with Crippen molar-refractivity contribution in [2.75, 3.05) is 6.54 Å². The molecule has 1 fully saturated rings. The number of rotatable bonds is 9. The number of hydrogen-bond donors (Lipinski definition) is 1. The molecule has 0 spiro atoms. The van der Waals surface area contributed by atoms with Crippen LogP contribution in [0, 0.1) is 10.1 Å².